The molecule has 4 aromatic rings. The van der Waals surface area contributed by atoms with Gasteiger partial charge in [0.15, 0.2) is 5.76 Å². The van der Waals surface area contributed by atoms with E-state index in [-0.39, 0.29) is 0 Å². The van der Waals surface area contributed by atoms with Crippen molar-refractivity contribution in [3.8, 4) is 28.5 Å². The topological polar surface area (TPSA) is 86.1 Å². The Balaban J connectivity index is 1.66. The fourth-order valence-corrected chi connectivity index (χ4v) is 2.91. The van der Waals surface area contributed by atoms with Crippen molar-refractivity contribution in [2.45, 2.75) is 6.92 Å². The van der Waals surface area contributed by atoms with Gasteiger partial charge in [-0.2, -0.15) is 5.10 Å². The molecule has 0 amide bonds. The van der Waals surface area contributed by atoms with Crippen LogP contribution in [0.15, 0.2) is 41.1 Å². The number of halogens is 1. The molecule has 0 unspecified atom stereocenters. The summed E-state index contributed by atoms with van der Waals surface area (Å²) in [6.07, 6.45) is 1.76. The number of pyridine rings is 1. The average Bonchev–Trinajstić information content (AvgIpc) is 3.29. The Morgan fingerprint density at radius 2 is 2.07 bits per heavy atom. The standard InChI is InChI=1S/C19H17ClN4O3/c1-11-3-4-12(10-21-11)15-8-18(27-24-15)19-13-7-14(20)17(26-6-5-25-2)9-16(13)22-23-19/h3-4,7-10H,5-6H2,1-2H3,(H,22,23). The van der Waals surface area contributed by atoms with Crippen molar-refractivity contribution in [1.82, 2.24) is 20.3 Å². The monoisotopic (exact) mass is 384 g/mol. The summed E-state index contributed by atoms with van der Waals surface area (Å²) < 4.78 is 16.1. The van der Waals surface area contributed by atoms with Crippen molar-refractivity contribution >= 4 is 22.5 Å². The molecule has 0 radical (unpaired) electrons. The Hall–Kier alpha value is -2.90. The molecule has 0 saturated carbocycles. The molecule has 138 valence electrons. The number of hydrogen-bond acceptors (Lipinski definition) is 6. The van der Waals surface area contributed by atoms with E-state index in [2.05, 4.69) is 20.3 Å². The van der Waals surface area contributed by atoms with Crippen LogP contribution >= 0.6 is 11.6 Å². The molecule has 3 aromatic heterocycles. The zero-order valence-electron chi connectivity index (χ0n) is 14.8. The third-order valence-electron chi connectivity index (χ3n) is 4.11. The van der Waals surface area contributed by atoms with Crippen LogP contribution in [0.1, 0.15) is 5.69 Å². The number of ether oxygens (including phenoxy) is 2. The Morgan fingerprint density at radius 3 is 2.85 bits per heavy atom. The number of nitrogens with zero attached hydrogens (tertiary/aromatic N) is 3. The highest BCUT2D eigenvalue weighted by Gasteiger charge is 2.17. The average molecular weight is 385 g/mol. The van der Waals surface area contributed by atoms with E-state index in [0.717, 1.165) is 22.2 Å². The summed E-state index contributed by atoms with van der Waals surface area (Å²) in [6, 6.07) is 9.32. The third-order valence-corrected chi connectivity index (χ3v) is 4.41. The molecule has 0 spiro atoms. The lowest BCUT2D eigenvalue weighted by Crippen LogP contribution is -2.04. The number of fused-ring (bicyclic) bond motifs is 1. The summed E-state index contributed by atoms with van der Waals surface area (Å²) in [5.41, 5.74) is 3.94. The summed E-state index contributed by atoms with van der Waals surface area (Å²) in [6.45, 7) is 2.83. The van der Waals surface area contributed by atoms with E-state index in [1.165, 1.54) is 0 Å². The zero-order valence-corrected chi connectivity index (χ0v) is 15.6. The first-order valence-corrected chi connectivity index (χ1v) is 8.73. The fourth-order valence-electron chi connectivity index (χ4n) is 2.69. The molecule has 1 aromatic carbocycles. The molecule has 7 nitrogen and oxygen atoms in total. The molecule has 3 heterocycles. The van der Waals surface area contributed by atoms with Gasteiger partial charge in [-0.3, -0.25) is 10.1 Å². The Morgan fingerprint density at radius 1 is 1.19 bits per heavy atom. The number of aromatic nitrogens is 4. The number of benzene rings is 1. The summed E-state index contributed by atoms with van der Waals surface area (Å²) >= 11 is 6.35. The highest BCUT2D eigenvalue weighted by Crippen LogP contribution is 2.35. The van der Waals surface area contributed by atoms with Crippen molar-refractivity contribution in [3.05, 3.63) is 47.2 Å². The van der Waals surface area contributed by atoms with Gasteiger partial charge in [0.1, 0.15) is 23.7 Å². The lowest BCUT2D eigenvalue weighted by molar-refractivity contribution is 0.146. The van der Waals surface area contributed by atoms with E-state index >= 15 is 0 Å². The van der Waals surface area contributed by atoms with Crippen LogP contribution in [0.2, 0.25) is 5.02 Å². The van der Waals surface area contributed by atoms with Crippen LogP contribution in [0.25, 0.3) is 33.6 Å². The Labute approximate surface area is 160 Å². The first-order chi connectivity index (χ1) is 13.2. The van der Waals surface area contributed by atoms with Crippen molar-refractivity contribution in [2.24, 2.45) is 0 Å². The lowest BCUT2D eigenvalue weighted by atomic mass is 10.1. The van der Waals surface area contributed by atoms with Gasteiger partial charge in [-0.15, -0.1) is 0 Å². The summed E-state index contributed by atoms with van der Waals surface area (Å²) in [5.74, 6) is 1.11. The minimum Gasteiger partial charge on any atom is -0.490 e. The van der Waals surface area contributed by atoms with Gasteiger partial charge in [-0.05, 0) is 25.1 Å². The number of aryl methyl sites for hydroxylation is 1. The number of methoxy groups -OCH3 is 1. The van der Waals surface area contributed by atoms with Crippen LogP contribution in [-0.4, -0.2) is 40.7 Å². The van der Waals surface area contributed by atoms with Gasteiger partial charge in [0, 0.05) is 42.1 Å². The van der Waals surface area contributed by atoms with Crippen LogP contribution in [0.5, 0.6) is 5.75 Å². The molecule has 27 heavy (non-hydrogen) atoms. The van der Waals surface area contributed by atoms with E-state index < -0.39 is 0 Å². The molecular weight excluding hydrogens is 368 g/mol. The molecule has 1 N–H and O–H groups in total. The van der Waals surface area contributed by atoms with E-state index in [9.17, 15) is 0 Å². The molecular formula is C19H17ClN4O3. The van der Waals surface area contributed by atoms with Crippen molar-refractivity contribution in [1.29, 1.82) is 0 Å². The first-order valence-electron chi connectivity index (χ1n) is 8.35. The second-order valence-corrected chi connectivity index (χ2v) is 6.41. The minimum absolute atomic E-state index is 0.415. The van der Waals surface area contributed by atoms with Crippen LogP contribution in [0.3, 0.4) is 0 Å². The predicted molar refractivity (Wildman–Crippen MR) is 102 cm³/mol. The van der Waals surface area contributed by atoms with Crippen molar-refractivity contribution in [2.75, 3.05) is 20.3 Å². The molecule has 8 heteroatoms. The molecule has 0 atom stereocenters. The molecule has 0 aliphatic heterocycles. The second-order valence-electron chi connectivity index (χ2n) is 6.01. The summed E-state index contributed by atoms with van der Waals surface area (Å²) in [4.78, 5) is 4.29. The molecule has 0 bridgehead atoms. The number of rotatable bonds is 6. The van der Waals surface area contributed by atoms with Gasteiger partial charge < -0.3 is 14.0 Å². The number of aromatic amines is 1. The Kier molecular flexibility index (Phi) is 4.79. The van der Waals surface area contributed by atoms with E-state index in [1.54, 1.807) is 19.4 Å². The third kappa shape index (κ3) is 3.51. The van der Waals surface area contributed by atoms with Gasteiger partial charge in [0.05, 0.1) is 17.1 Å². The largest absolute Gasteiger partial charge is 0.490 e. The van der Waals surface area contributed by atoms with E-state index in [0.29, 0.717) is 41.1 Å². The predicted octanol–water partition coefficient (Wildman–Crippen LogP) is 4.27. The van der Waals surface area contributed by atoms with Gasteiger partial charge in [-0.1, -0.05) is 16.8 Å². The van der Waals surface area contributed by atoms with Crippen LogP contribution in [0, 0.1) is 6.92 Å². The van der Waals surface area contributed by atoms with Gasteiger partial charge >= 0.3 is 0 Å². The van der Waals surface area contributed by atoms with Crippen LogP contribution in [-0.2, 0) is 4.74 Å². The first kappa shape index (κ1) is 17.5. The lowest BCUT2D eigenvalue weighted by Gasteiger charge is -2.07. The Bertz CT molecular complexity index is 1070. The van der Waals surface area contributed by atoms with E-state index in [4.69, 9.17) is 25.6 Å². The maximum Gasteiger partial charge on any atom is 0.188 e. The summed E-state index contributed by atoms with van der Waals surface area (Å²) in [5, 5.41) is 12.8. The second kappa shape index (κ2) is 7.38. The number of H-pyrrole nitrogens is 1. The number of nitrogens with one attached hydrogen (secondary N) is 1. The maximum absolute atomic E-state index is 6.35. The molecule has 4 rings (SSSR count). The van der Waals surface area contributed by atoms with Gasteiger partial charge in [-0.25, -0.2) is 0 Å². The normalized spacial score (nSPS) is 11.2. The van der Waals surface area contributed by atoms with Gasteiger partial charge in [0.25, 0.3) is 0 Å². The van der Waals surface area contributed by atoms with Crippen molar-refractivity contribution in [3.63, 3.8) is 0 Å². The fraction of sp³-hybridized carbons (Fsp3) is 0.211. The minimum atomic E-state index is 0.415. The maximum atomic E-state index is 6.35. The molecule has 0 aliphatic carbocycles. The summed E-state index contributed by atoms with van der Waals surface area (Å²) in [7, 11) is 1.62. The zero-order chi connectivity index (χ0) is 18.8. The smallest absolute Gasteiger partial charge is 0.188 e. The van der Waals surface area contributed by atoms with Crippen LogP contribution in [0.4, 0.5) is 0 Å². The van der Waals surface area contributed by atoms with Crippen molar-refractivity contribution < 1.29 is 14.0 Å². The SMILES string of the molecule is COCCOc1cc2[nH]nc(-c3cc(-c4ccc(C)nc4)no3)c2cc1Cl. The van der Waals surface area contributed by atoms with Crippen LogP contribution < -0.4 is 4.74 Å². The quantitative estimate of drug-likeness (QED) is 0.500. The van der Waals surface area contributed by atoms with E-state index in [1.807, 2.05) is 31.2 Å². The highest BCUT2D eigenvalue weighted by atomic mass is 35.5. The molecule has 0 saturated heterocycles. The van der Waals surface area contributed by atoms with Gasteiger partial charge in [0.2, 0.25) is 0 Å². The highest BCUT2D eigenvalue weighted by molar-refractivity contribution is 6.33. The molecule has 0 aliphatic rings. The number of hydrogen-bond donors (Lipinski definition) is 1. The molecule has 0 fully saturated rings.